The van der Waals surface area contributed by atoms with Gasteiger partial charge in [0.15, 0.2) is 5.82 Å². The number of hydrogen-bond donors (Lipinski definition) is 3. The summed E-state index contributed by atoms with van der Waals surface area (Å²) in [6.07, 6.45) is 3.16. The molecule has 0 atom stereocenters. The first kappa shape index (κ1) is 26.8. The van der Waals surface area contributed by atoms with Crippen LogP contribution in [0.3, 0.4) is 0 Å². The molecule has 0 amide bonds. The lowest BCUT2D eigenvalue weighted by Crippen LogP contribution is -2.11. The van der Waals surface area contributed by atoms with Crippen molar-refractivity contribution in [3.05, 3.63) is 53.2 Å². The predicted octanol–water partition coefficient (Wildman–Crippen LogP) is 4.11. The van der Waals surface area contributed by atoms with E-state index >= 15 is 0 Å². The monoisotopic (exact) mass is 535 g/mol. The molecule has 192 valence electrons. The lowest BCUT2D eigenvalue weighted by molar-refractivity contribution is -0.140. The molecule has 0 bridgehead atoms. The highest BCUT2D eigenvalue weighted by Crippen LogP contribution is 2.33. The van der Waals surface area contributed by atoms with Crippen LogP contribution < -0.4 is 24.8 Å². The maximum atomic E-state index is 11.8. The van der Waals surface area contributed by atoms with Gasteiger partial charge in [-0.25, -0.2) is 13.4 Å². The Balaban J connectivity index is 1.89. The largest absolute Gasteiger partial charge is 0.497 e. The van der Waals surface area contributed by atoms with Crippen LogP contribution in [0, 0.1) is 0 Å². The molecular weight excluding hydrogens is 510 g/mol. The summed E-state index contributed by atoms with van der Waals surface area (Å²) in [6, 6.07) is 10.3. The number of rotatable bonds is 11. The zero-order valence-electron chi connectivity index (χ0n) is 20.1. The summed E-state index contributed by atoms with van der Waals surface area (Å²) in [4.78, 5) is 20.1. The van der Waals surface area contributed by atoms with E-state index < -0.39 is 10.0 Å². The molecule has 0 radical (unpaired) electrons. The Hall–Kier alpha value is -3.77. The molecule has 3 rings (SSSR count). The highest BCUT2D eigenvalue weighted by atomic mass is 35.5. The number of nitrogens with zero attached hydrogens (tertiary/aromatic N) is 2. The van der Waals surface area contributed by atoms with Crippen molar-refractivity contribution in [1.82, 2.24) is 9.97 Å². The van der Waals surface area contributed by atoms with Crippen molar-refractivity contribution in [3.8, 4) is 11.5 Å². The first-order chi connectivity index (χ1) is 17.1. The molecule has 0 saturated carbocycles. The molecule has 3 aromatic rings. The van der Waals surface area contributed by atoms with Crippen molar-refractivity contribution in [3.63, 3.8) is 0 Å². The predicted molar refractivity (Wildman–Crippen MR) is 138 cm³/mol. The van der Waals surface area contributed by atoms with Gasteiger partial charge in [0.1, 0.15) is 16.5 Å². The number of hydrogen-bond acceptors (Lipinski definition) is 10. The first-order valence-electron chi connectivity index (χ1n) is 10.6. The van der Waals surface area contributed by atoms with Gasteiger partial charge in [0.25, 0.3) is 0 Å². The van der Waals surface area contributed by atoms with E-state index in [9.17, 15) is 13.2 Å². The average molecular weight is 536 g/mol. The summed E-state index contributed by atoms with van der Waals surface area (Å²) >= 11 is 6.31. The smallest absolute Gasteiger partial charge is 0.305 e. The van der Waals surface area contributed by atoms with Gasteiger partial charge in [0.2, 0.25) is 16.0 Å². The van der Waals surface area contributed by atoms with Crippen LogP contribution >= 0.6 is 11.6 Å². The fourth-order valence-corrected chi connectivity index (χ4v) is 3.87. The molecule has 0 fully saturated rings. The standard InChI is InChI=1S/C23H26ClN5O6S/c1-33-15-7-8-17(18(12-15)29-36(4,31)32)26-22-16(24)13-25-23(28-22)27-19-11-14(5-9-20(19)34-2)6-10-21(30)35-3/h5,7-9,11-13,29H,6,10H2,1-4H3,(H2,25,26,27,28). The fraction of sp³-hybridized carbons (Fsp3) is 0.261. The quantitative estimate of drug-likeness (QED) is 0.307. The van der Waals surface area contributed by atoms with Gasteiger partial charge >= 0.3 is 5.97 Å². The molecule has 1 heterocycles. The molecule has 0 aliphatic heterocycles. The summed E-state index contributed by atoms with van der Waals surface area (Å²) in [5.74, 6) is 1.13. The van der Waals surface area contributed by atoms with Gasteiger partial charge in [0, 0.05) is 12.5 Å². The second kappa shape index (κ2) is 11.8. The third-order valence-corrected chi connectivity index (χ3v) is 5.74. The number of carbonyl (C=O) groups is 1. The number of aromatic nitrogens is 2. The van der Waals surface area contributed by atoms with Gasteiger partial charge in [-0.2, -0.15) is 4.98 Å². The first-order valence-corrected chi connectivity index (χ1v) is 12.8. The van der Waals surface area contributed by atoms with Gasteiger partial charge < -0.3 is 24.8 Å². The number of ether oxygens (including phenoxy) is 3. The maximum absolute atomic E-state index is 11.8. The number of carbonyl (C=O) groups excluding carboxylic acids is 1. The Morgan fingerprint density at radius 1 is 1.00 bits per heavy atom. The number of nitrogens with one attached hydrogen (secondary N) is 3. The number of halogens is 1. The van der Waals surface area contributed by atoms with Gasteiger partial charge in [-0.3, -0.25) is 9.52 Å². The van der Waals surface area contributed by atoms with Crippen molar-refractivity contribution in [2.75, 3.05) is 42.9 Å². The molecule has 0 aliphatic carbocycles. The third-order valence-electron chi connectivity index (χ3n) is 4.88. The van der Waals surface area contributed by atoms with Crippen LogP contribution in [0.25, 0.3) is 0 Å². The van der Waals surface area contributed by atoms with Gasteiger partial charge in [-0.1, -0.05) is 17.7 Å². The van der Waals surface area contributed by atoms with Crippen LogP contribution in [0.4, 0.5) is 28.8 Å². The summed E-state index contributed by atoms with van der Waals surface area (Å²) in [5, 5.41) is 6.34. The fourth-order valence-electron chi connectivity index (χ4n) is 3.16. The molecule has 0 spiro atoms. The van der Waals surface area contributed by atoms with Gasteiger partial charge in [0.05, 0.1) is 50.8 Å². The third kappa shape index (κ3) is 7.36. The van der Waals surface area contributed by atoms with Crippen LogP contribution in [-0.4, -0.2) is 51.9 Å². The van der Waals surface area contributed by atoms with Crippen molar-refractivity contribution in [2.24, 2.45) is 0 Å². The minimum absolute atomic E-state index is 0.205. The van der Waals surface area contributed by atoms with E-state index in [4.69, 9.17) is 25.8 Å². The van der Waals surface area contributed by atoms with Crippen LogP contribution in [-0.2, 0) is 26.0 Å². The van der Waals surface area contributed by atoms with Crippen LogP contribution in [0.2, 0.25) is 5.02 Å². The second-order valence-corrected chi connectivity index (χ2v) is 9.69. The molecule has 3 N–H and O–H groups in total. The molecule has 0 saturated heterocycles. The Morgan fingerprint density at radius 2 is 1.78 bits per heavy atom. The number of sulfonamides is 1. The summed E-state index contributed by atoms with van der Waals surface area (Å²) < 4.78 is 41.4. The lowest BCUT2D eigenvalue weighted by Gasteiger charge is -2.16. The normalized spacial score (nSPS) is 10.9. The van der Waals surface area contributed by atoms with Crippen LogP contribution in [0.5, 0.6) is 11.5 Å². The van der Waals surface area contributed by atoms with Crippen molar-refractivity contribution >= 4 is 56.4 Å². The second-order valence-electron chi connectivity index (χ2n) is 7.54. The van der Waals surface area contributed by atoms with Crippen LogP contribution in [0.15, 0.2) is 42.6 Å². The Bertz CT molecular complexity index is 1350. The summed E-state index contributed by atoms with van der Waals surface area (Å²) in [7, 11) is 0.789. The molecule has 11 nitrogen and oxygen atoms in total. The number of aryl methyl sites for hydroxylation is 1. The van der Waals surface area contributed by atoms with E-state index in [-0.39, 0.29) is 34.9 Å². The van der Waals surface area contributed by atoms with Crippen molar-refractivity contribution in [1.29, 1.82) is 0 Å². The summed E-state index contributed by atoms with van der Waals surface area (Å²) in [5.41, 5.74) is 2.11. The lowest BCUT2D eigenvalue weighted by atomic mass is 10.1. The zero-order chi connectivity index (χ0) is 26.3. The van der Waals surface area contributed by atoms with E-state index in [1.807, 2.05) is 12.1 Å². The Kier molecular flexibility index (Phi) is 8.78. The molecule has 13 heteroatoms. The number of methoxy groups -OCH3 is 3. The molecule has 0 aliphatic rings. The van der Waals surface area contributed by atoms with E-state index in [0.717, 1.165) is 11.8 Å². The number of esters is 1. The number of anilines is 5. The molecule has 2 aromatic carbocycles. The van der Waals surface area contributed by atoms with E-state index in [1.54, 1.807) is 18.2 Å². The topological polar surface area (TPSA) is 141 Å². The number of benzene rings is 2. The minimum Gasteiger partial charge on any atom is -0.497 e. The van der Waals surface area contributed by atoms with Gasteiger partial charge in [-0.15, -0.1) is 0 Å². The Morgan fingerprint density at radius 3 is 2.44 bits per heavy atom. The Labute approximate surface area is 214 Å². The summed E-state index contributed by atoms with van der Waals surface area (Å²) in [6.45, 7) is 0. The van der Waals surface area contributed by atoms with Crippen molar-refractivity contribution in [2.45, 2.75) is 12.8 Å². The van der Waals surface area contributed by atoms with E-state index in [2.05, 4.69) is 25.3 Å². The highest BCUT2D eigenvalue weighted by molar-refractivity contribution is 7.92. The zero-order valence-corrected chi connectivity index (χ0v) is 21.7. The molecular formula is C23H26ClN5O6S. The molecule has 0 unspecified atom stereocenters. The van der Waals surface area contributed by atoms with Crippen LogP contribution in [0.1, 0.15) is 12.0 Å². The minimum atomic E-state index is -3.57. The highest BCUT2D eigenvalue weighted by Gasteiger charge is 2.14. The van der Waals surface area contributed by atoms with Crippen molar-refractivity contribution < 1.29 is 27.4 Å². The SMILES string of the molecule is COC(=O)CCc1ccc(OC)c(Nc2ncc(Cl)c(Nc3ccc(OC)cc3NS(C)(=O)=O)n2)c1. The van der Waals surface area contributed by atoms with E-state index in [0.29, 0.717) is 29.3 Å². The average Bonchev–Trinajstić information content (AvgIpc) is 2.84. The molecule has 36 heavy (non-hydrogen) atoms. The molecule has 1 aromatic heterocycles. The van der Waals surface area contributed by atoms with E-state index in [1.165, 1.54) is 33.6 Å². The van der Waals surface area contributed by atoms with Gasteiger partial charge in [-0.05, 0) is 36.2 Å². The maximum Gasteiger partial charge on any atom is 0.305 e.